The van der Waals surface area contributed by atoms with Crippen molar-refractivity contribution in [3.8, 4) is 0 Å². The lowest BCUT2D eigenvalue weighted by atomic mass is 9.86. The Morgan fingerprint density at radius 2 is 2.00 bits per heavy atom. The summed E-state index contributed by atoms with van der Waals surface area (Å²) >= 11 is 1.67. The Kier molecular flexibility index (Phi) is 5.08. The minimum absolute atomic E-state index is 0.0545. The first kappa shape index (κ1) is 16.1. The van der Waals surface area contributed by atoms with Crippen LogP contribution in [-0.2, 0) is 15.1 Å². The van der Waals surface area contributed by atoms with E-state index >= 15 is 0 Å². The Morgan fingerprint density at radius 1 is 1.26 bits per heavy atom. The summed E-state index contributed by atoms with van der Waals surface area (Å²) in [7, 11) is 0. The van der Waals surface area contributed by atoms with Crippen LogP contribution in [0.1, 0.15) is 19.3 Å². The van der Waals surface area contributed by atoms with Crippen LogP contribution < -0.4 is 5.32 Å². The number of thioether (sulfide) groups is 1. The van der Waals surface area contributed by atoms with Gasteiger partial charge in [-0.05, 0) is 49.4 Å². The van der Waals surface area contributed by atoms with Crippen LogP contribution in [0.5, 0.6) is 0 Å². The SMILES string of the molecule is CSc1cccc(NC(=O)CC2(n3cccc3)CCOCC2)c1. The summed E-state index contributed by atoms with van der Waals surface area (Å²) in [6, 6.07) is 12.0. The van der Waals surface area contributed by atoms with Crippen LogP contribution in [-0.4, -0.2) is 29.9 Å². The molecule has 1 aliphatic heterocycles. The number of nitrogens with zero attached hydrogens (tertiary/aromatic N) is 1. The summed E-state index contributed by atoms with van der Waals surface area (Å²) < 4.78 is 7.68. The molecule has 1 amide bonds. The van der Waals surface area contributed by atoms with Gasteiger partial charge in [0.2, 0.25) is 5.91 Å². The molecule has 1 N–H and O–H groups in total. The van der Waals surface area contributed by atoms with E-state index in [-0.39, 0.29) is 11.4 Å². The Labute approximate surface area is 141 Å². The van der Waals surface area contributed by atoms with Crippen LogP contribution in [0.25, 0.3) is 0 Å². The third kappa shape index (κ3) is 3.79. The van der Waals surface area contributed by atoms with Crippen molar-refractivity contribution in [1.82, 2.24) is 4.57 Å². The topological polar surface area (TPSA) is 43.3 Å². The molecule has 2 heterocycles. The maximum atomic E-state index is 12.6. The highest BCUT2D eigenvalue weighted by atomic mass is 32.2. The normalized spacial score (nSPS) is 16.9. The quantitative estimate of drug-likeness (QED) is 0.849. The van der Waals surface area contributed by atoms with Crippen LogP contribution in [0.2, 0.25) is 0 Å². The van der Waals surface area contributed by atoms with Crippen molar-refractivity contribution in [3.63, 3.8) is 0 Å². The molecule has 0 spiro atoms. The molecule has 4 nitrogen and oxygen atoms in total. The largest absolute Gasteiger partial charge is 0.381 e. The molecule has 3 rings (SSSR count). The van der Waals surface area contributed by atoms with E-state index in [4.69, 9.17) is 4.74 Å². The van der Waals surface area contributed by atoms with E-state index in [9.17, 15) is 4.79 Å². The molecule has 1 fully saturated rings. The summed E-state index contributed by atoms with van der Waals surface area (Å²) in [4.78, 5) is 13.8. The van der Waals surface area contributed by atoms with Crippen LogP contribution >= 0.6 is 11.8 Å². The van der Waals surface area contributed by atoms with Crippen molar-refractivity contribution < 1.29 is 9.53 Å². The van der Waals surface area contributed by atoms with Crippen LogP contribution in [0.3, 0.4) is 0 Å². The van der Waals surface area contributed by atoms with Crippen molar-refractivity contribution >= 4 is 23.4 Å². The Hall–Kier alpha value is -1.72. The molecule has 1 aliphatic rings. The predicted molar refractivity (Wildman–Crippen MR) is 93.9 cm³/mol. The zero-order valence-electron chi connectivity index (χ0n) is 13.3. The molecule has 0 radical (unpaired) electrons. The van der Waals surface area contributed by atoms with Crippen molar-refractivity contribution in [2.24, 2.45) is 0 Å². The molecule has 0 saturated carbocycles. The van der Waals surface area contributed by atoms with Gasteiger partial charge < -0.3 is 14.6 Å². The number of amides is 1. The molecule has 0 bridgehead atoms. The van der Waals surface area contributed by atoms with Crippen LogP contribution in [0.15, 0.2) is 53.7 Å². The monoisotopic (exact) mass is 330 g/mol. The van der Waals surface area contributed by atoms with Crippen molar-refractivity contribution in [2.45, 2.75) is 29.7 Å². The van der Waals surface area contributed by atoms with Crippen molar-refractivity contribution in [3.05, 3.63) is 48.8 Å². The van der Waals surface area contributed by atoms with Gasteiger partial charge >= 0.3 is 0 Å². The Bertz CT molecular complexity index is 649. The number of hydrogen-bond donors (Lipinski definition) is 1. The molecule has 2 aromatic rings. The highest BCUT2D eigenvalue weighted by Crippen LogP contribution is 2.33. The lowest BCUT2D eigenvalue weighted by Crippen LogP contribution is -2.42. The number of carbonyl (C=O) groups excluding carboxylic acids is 1. The van der Waals surface area contributed by atoms with Gasteiger partial charge in [0.05, 0.1) is 12.0 Å². The van der Waals surface area contributed by atoms with E-state index < -0.39 is 0 Å². The molecule has 23 heavy (non-hydrogen) atoms. The number of benzene rings is 1. The van der Waals surface area contributed by atoms with Gasteiger partial charge in [-0.3, -0.25) is 4.79 Å². The van der Waals surface area contributed by atoms with E-state index in [1.165, 1.54) is 0 Å². The number of carbonyl (C=O) groups is 1. The van der Waals surface area contributed by atoms with Crippen LogP contribution in [0, 0.1) is 0 Å². The molecular formula is C18H22N2O2S. The Morgan fingerprint density at radius 3 is 2.70 bits per heavy atom. The van der Waals surface area contributed by atoms with Gasteiger partial charge in [0.15, 0.2) is 0 Å². The lowest BCUT2D eigenvalue weighted by Gasteiger charge is -2.38. The first-order valence-corrected chi connectivity index (χ1v) is 9.09. The Balaban J connectivity index is 1.73. The summed E-state index contributed by atoms with van der Waals surface area (Å²) in [6.45, 7) is 1.40. The van der Waals surface area contributed by atoms with Crippen molar-refractivity contribution in [1.29, 1.82) is 0 Å². The van der Waals surface area contributed by atoms with Gasteiger partial charge in [-0.25, -0.2) is 0 Å². The summed E-state index contributed by atoms with van der Waals surface area (Å²) in [5, 5.41) is 3.04. The first-order valence-electron chi connectivity index (χ1n) is 7.87. The molecule has 1 aromatic heterocycles. The molecule has 1 aromatic carbocycles. The maximum Gasteiger partial charge on any atom is 0.226 e. The number of rotatable bonds is 5. The summed E-state index contributed by atoms with van der Waals surface area (Å²) in [5.41, 5.74) is 0.680. The zero-order chi connectivity index (χ0) is 16.1. The summed E-state index contributed by atoms with van der Waals surface area (Å²) in [6.07, 6.45) is 8.32. The fraction of sp³-hybridized carbons (Fsp3) is 0.389. The standard InChI is InChI=1S/C18H22N2O2S/c1-23-16-6-4-5-15(13-16)19-17(21)14-18(7-11-22-12-8-18)20-9-2-3-10-20/h2-6,9-10,13H,7-8,11-12,14H2,1H3,(H,19,21). The smallest absolute Gasteiger partial charge is 0.226 e. The summed E-state index contributed by atoms with van der Waals surface area (Å²) in [5.74, 6) is 0.0545. The van der Waals surface area contributed by atoms with E-state index in [0.717, 1.165) is 23.4 Å². The minimum atomic E-state index is -0.178. The van der Waals surface area contributed by atoms with Gasteiger partial charge in [-0.1, -0.05) is 6.07 Å². The van der Waals surface area contributed by atoms with E-state index in [1.54, 1.807) is 11.8 Å². The molecule has 5 heteroatoms. The highest BCUT2D eigenvalue weighted by molar-refractivity contribution is 7.98. The third-order valence-electron chi connectivity index (χ3n) is 4.42. The van der Waals surface area contributed by atoms with Gasteiger partial charge in [-0.15, -0.1) is 11.8 Å². The fourth-order valence-electron chi connectivity index (χ4n) is 3.13. The number of nitrogens with one attached hydrogen (secondary N) is 1. The van der Waals surface area contributed by atoms with E-state index in [1.807, 2.05) is 55.0 Å². The highest BCUT2D eigenvalue weighted by Gasteiger charge is 2.36. The van der Waals surface area contributed by atoms with E-state index in [0.29, 0.717) is 19.6 Å². The average molecular weight is 330 g/mol. The number of ether oxygens (including phenoxy) is 1. The molecule has 0 atom stereocenters. The lowest BCUT2D eigenvalue weighted by molar-refractivity contribution is -0.119. The predicted octanol–water partition coefficient (Wildman–Crippen LogP) is 3.74. The maximum absolute atomic E-state index is 12.6. The minimum Gasteiger partial charge on any atom is -0.381 e. The molecule has 0 unspecified atom stereocenters. The number of hydrogen-bond acceptors (Lipinski definition) is 3. The number of anilines is 1. The third-order valence-corrected chi connectivity index (χ3v) is 5.14. The van der Waals surface area contributed by atoms with Crippen LogP contribution in [0.4, 0.5) is 5.69 Å². The molecular weight excluding hydrogens is 308 g/mol. The van der Waals surface area contributed by atoms with Gasteiger partial charge in [0.25, 0.3) is 0 Å². The van der Waals surface area contributed by atoms with Crippen molar-refractivity contribution in [2.75, 3.05) is 24.8 Å². The number of aromatic nitrogens is 1. The van der Waals surface area contributed by atoms with Gasteiger partial charge in [0, 0.05) is 36.2 Å². The second kappa shape index (κ2) is 7.23. The molecule has 1 saturated heterocycles. The zero-order valence-corrected chi connectivity index (χ0v) is 14.1. The fourth-order valence-corrected chi connectivity index (χ4v) is 3.59. The average Bonchev–Trinajstić information content (AvgIpc) is 3.11. The molecule has 122 valence electrons. The second-order valence-corrected chi connectivity index (χ2v) is 6.76. The van der Waals surface area contributed by atoms with Gasteiger partial charge in [-0.2, -0.15) is 0 Å². The van der Waals surface area contributed by atoms with Gasteiger partial charge in [0.1, 0.15) is 0 Å². The molecule has 0 aliphatic carbocycles. The first-order chi connectivity index (χ1) is 11.2. The van der Waals surface area contributed by atoms with E-state index in [2.05, 4.69) is 9.88 Å². The second-order valence-electron chi connectivity index (χ2n) is 5.88.